The highest BCUT2D eigenvalue weighted by atomic mass is 16.5. The van der Waals surface area contributed by atoms with E-state index in [4.69, 9.17) is 9.47 Å². The van der Waals surface area contributed by atoms with Crippen LogP contribution in [0.2, 0.25) is 0 Å². The molecule has 0 bridgehead atoms. The molecule has 1 saturated heterocycles. The second-order valence-corrected chi connectivity index (χ2v) is 7.22. The molecule has 0 N–H and O–H groups in total. The highest BCUT2D eigenvalue weighted by Gasteiger charge is 2.20. The normalized spacial score (nSPS) is 16.9. The van der Waals surface area contributed by atoms with Gasteiger partial charge in [-0.2, -0.15) is 4.68 Å². The third kappa shape index (κ3) is 3.12. The minimum atomic E-state index is -0.135. The summed E-state index contributed by atoms with van der Waals surface area (Å²) in [6.07, 6.45) is 6.52. The molecule has 1 unspecified atom stereocenters. The number of benzene rings is 1. The van der Waals surface area contributed by atoms with Gasteiger partial charge in [0, 0.05) is 26.7 Å². The Balaban J connectivity index is 1.63. The zero-order chi connectivity index (χ0) is 19.8. The number of aromatic nitrogens is 6. The van der Waals surface area contributed by atoms with E-state index in [0.29, 0.717) is 30.9 Å². The van der Waals surface area contributed by atoms with Crippen molar-refractivity contribution in [1.29, 1.82) is 0 Å². The second kappa shape index (κ2) is 7.41. The lowest BCUT2D eigenvalue weighted by Gasteiger charge is -2.12. The first-order chi connectivity index (χ1) is 14.3. The number of fused-ring (bicyclic) bond motifs is 3. The summed E-state index contributed by atoms with van der Waals surface area (Å²) < 4.78 is 16.0. The molecule has 4 aromatic rings. The fourth-order valence-corrected chi connectivity index (χ4v) is 3.96. The van der Waals surface area contributed by atoms with Crippen LogP contribution in [0.5, 0.6) is 0 Å². The van der Waals surface area contributed by atoms with E-state index in [2.05, 4.69) is 15.3 Å². The Hall–Kier alpha value is -3.04. The topological polar surface area (TPSA) is 88.5 Å². The Morgan fingerprint density at radius 1 is 1.28 bits per heavy atom. The molecular weight excluding hydrogens is 372 g/mol. The molecule has 1 aromatic carbocycles. The number of hydrogen-bond donors (Lipinski definition) is 0. The first-order valence-electron chi connectivity index (χ1n) is 9.77. The molecule has 5 rings (SSSR count). The number of nitrogens with zero attached hydrogens (tertiary/aromatic N) is 6. The predicted octanol–water partition coefficient (Wildman–Crippen LogP) is 1.60. The van der Waals surface area contributed by atoms with Gasteiger partial charge in [-0.25, -0.2) is 4.98 Å². The molecule has 1 aliphatic rings. The van der Waals surface area contributed by atoms with E-state index in [9.17, 15) is 4.79 Å². The molecule has 1 atom stereocenters. The van der Waals surface area contributed by atoms with Crippen molar-refractivity contribution >= 4 is 16.6 Å². The van der Waals surface area contributed by atoms with Crippen LogP contribution in [0.4, 0.5) is 0 Å². The van der Waals surface area contributed by atoms with E-state index < -0.39 is 0 Å². The number of hydrogen-bond acceptors (Lipinski definition) is 6. The van der Waals surface area contributed by atoms with Crippen LogP contribution in [-0.2, 0) is 22.4 Å². The lowest BCUT2D eigenvalue weighted by Crippen LogP contribution is -2.25. The quantitative estimate of drug-likeness (QED) is 0.494. The fourth-order valence-electron chi connectivity index (χ4n) is 3.96. The molecule has 0 radical (unpaired) electrons. The Morgan fingerprint density at radius 2 is 2.14 bits per heavy atom. The second-order valence-electron chi connectivity index (χ2n) is 7.22. The largest absolute Gasteiger partial charge is 0.383 e. The van der Waals surface area contributed by atoms with Crippen LogP contribution in [0.3, 0.4) is 0 Å². The van der Waals surface area contributed by atoms with Gasteiger partial charge in [-0.3, -0.25) is 9.20 Å². The van der Waals surface area contributed by atoms with Crippen LogP contribution in [-0.4, -0.2) is 55.4 Å². The zero-order valence-electron chi connectivity index (χ0n) is 16.2. The smallest absolute Gasteiger partial charge is 0.279 e. The van der Waals surface area contributed by atoms with Gasteiger partial charge in [0.05, 0.1) is 35.6 Å². The maximum absolute atomic E-state index is 13.4. The lowest BCUT2D eigenvalue weighted by atomic mass is 10.1. The summed E-state index contributed by atoms with van der Waals surface area (Å²) in [5, 5.41) is 8.49. The van der Waals surface area contributed by atoms with Gasteiger partial charge in [0.25, 0.3) is 5.56 Å². The summed E-state index contributed by atoms with van der Waals surface area (Å²) in [4.78, 5) is 17.8. The number of methoxy groups -OCH3 is 1. The fraction of sp³-hybridized carbons (Fsp3) is 0.400. The van der Waals surface area contributed by atoms with E-state index >= 15 is 0 Å². The Bertz CT molecular complexity index is 1220. The summed E-state index contributed by atoms with van der Waals surface area (Å²) in [5.74, 6) is 0.470. The third-order valence-corrected chi connectivity index (χ3v) is 5.37. The molecule has 1 fully saturated rings. The van der Waals surface area contributed by atoms with Gasteiger partial charge in [-0.05, 0) is 25.0 Å². The maximum atomic E-state index is 13.4. The summed E-state index contributed by atoms with van der Waals surface area (Å²) in [5.41, 5.74) is 2.90. The van der Waals surface area contributed by atoms with E-state index in [1.165, 1.54) is 0 Å². The Kier molecular flexibility index (Phi) is 4.61. The minimum absolute atomic E-state index is 0.135. The molecule has 0 aliphatic carbocycles. The average Bonchev–Trinajstić information content (AvgIpc) is 3.49. The first-order valence-corrected chi connectivity index (χ1v) is 9.77. The zero-order valence-corrected chi connectivity index (χ0v) is 16.2. The van der Waals surface area contributed by atoms with Crippen LogP contribution in [0, 0.1) is 0 Å². The summed E-state index contributed by atoms with van der Waals surface area (Å²) in [6.45, 7) is 1.70. The maximum Gasteiger partial charge on any atom is 0.279 e. The number of imidazole rings is 1. The van der Waals surface area contributed by atoms with Crippen molar-refractivity contribution in [3.8, 4) is 5.82 Å². The summed E-state index contributed by atoms with van der Waals surface area (Å²) in [7, 11) is 1.63. The summed E-state index contributed by atoms with van der Waals surface area (Å²) in [6, 6.07) is 7.77. The molecule has 0 saturated carbocycles. The molecule has 9 nitrogen and oxygen atoms in total. The van der Waals surface area contributed by atoms with Gasteiger partial charge < -0.3 is 14.0 Å². The molecule has 4 heterocycles. The van der Waals surface area contributed by atoms with Crippen LogP contribution in [0.15, 0.2) is 41.6 Å². The highest BCUT2D eigenvalue weighted by Crippen LogP contribution is 2.20. The molecular formula is C20H22N6O3. The van der Waals surface area contributed by atoms with Crippen molar-refractivity contribution < 1.29 is 9.47 Å². The van der Waals surface area contributed by atoms with Gasteiger partial charge in [0.15, 0.2) is 11.3 Å². The Morgan fingerprint density at radius 3 is 2.93 bits per heavy atom. The minimum Gasteiger partial charge on any atom is -0.383 e. The number of ether oxygens (including phenoxy) is 2. The van der Waals surface area contributed by atoms with Gasteiger partial charge in [0.1, 0.15) is 6.33 Å². The van der Waals surface area contributed by atoms with Gasteiger partial charge in [-0.1, -0.05) is 17.3 Å². The predicted molar refractivity (Wildman–Crippen MR) is 106 cm³/mol. The van der Waals surface area contributed by atoms with Crippen LogP contribution >= 0.6 is 0 Å². The van der Waals surface area contributed by atoms with E-state index in [-0.39, 0.29) is 11.7 Å². The van der Waals surface area contributed by atoms with Crippen LogP contribution < -0.4 is 5.56 Å². The molecule has 0 amide bonds. The lowest BCUT2D eigenvalue weighted by molar-refractivity contribution is 0.110. The van der Waals surface area contributed by atoms with Crippen molar-refractivity contribution in [3.63, 3.8) is 0 Å². The van der Waals surface area contributed by atoms with Crippen molar-refractivity contribution in [1.82, 2.24) is 28.9 Å². The van der Waals surface area contributed by atoms with Gasteiger partial charge in [-0.15, -0.1) is 5.10 Å². The average molecular weight is 394 g/mol. The molecule has 9 heteroatoms. The van der Waals surface area contributed by atoms with Crippen molar-refractivity contribution in [2.45, 2.75) is 31.9 Å². The van der Waals surface area contributed by atoms with Crippen molar-refractivity contribution in [3.05, 3.63) is 52.8 Å². The monoisotopic (exact) mass is 394 g/mol. The first kappa shape index (κ1) is 18.0. The number of rotatable bonds is 6. The molecule has 0 spiro atoms. The van der Waals surface area contributed by atoms with Crippen molar-refractivity contribution in [2.75, 3.05) is 20.3 Å². The van der Waals surface area contributed by atoms with Crippen LogP contribution in [0.25, 0.3) is 22.4 Å². The molecule has 150 valence electrons. The van der Waals surface area contributed by atoms with Gasteiger partial charge >= 0.3 is 0 Å². The summed E-state index contributed by atoms with van der Waals surface area (Å²) >= 11 is 0. The van der Waals surface area contributed by atoms with E-state index in [1.807, 2.05) is 34.9 Å². The molecule has 3 aromatic heterocycles. The SMILES string of the molecule is COCCn1c(=O)c2c(-n3cc(CC4CCCO4)nn3)ncn2c2ccccc21. The highest BCUT2D eigenvalue weighted by molar-refractivity contribution is 5.80. The van der Waals surface area contributed by atoms with E-state index in [1.54, 1.807) is 22.7 Å². The van der Waals surface area contributed by atoms with Crippen molar-refractivity contribution in [2.24, 2.45) is 0 Å². The van der Waals surface area contributed by atoms with Gasteiger partial charge in [0.2, 0.25) is 0 Å². The van der Waals surface area contributed by atoms with Crippen LogP contribution in [0.1, 0.15) is 18.5 Å². The third-order valence-electron chi connectivity index (χ3n) is 5.37. The molecule has 1 aliphatic heterocycles. The Labute approximate surface area is 166 Å². The standard InChI is InChI=1S/C20H22N6O3/c1-28-10-8-24-16-6-2-3-7-17(16)25-13-21-19(18(25)20(24)27)26-12-14(22-23-26)11-15-5-4-9-29-15/h2-3,6-7,12-13,15H,4-5,8-11H2,1H3. The number of para-hydroxylation sites is 2. The molecule has 29 heavy (non-hydrogen) atoms. The van der Waals surface area contributed by atoms with E-state index in [0.717, 1.165) is 36.2 Å².